The number of imide groups is 1. The first-order valence-electron chi connectivity index (χ1n) is 17.3. The van der Waals surface area contributed by atoms with Crippen molar-refractivity contribution in [1.29, 1.82) is 0 Å². The largest absolute Gasteiger partial charge is 0.507 e. The van der Waals surface area contributed by atoms with Crippen molar-refractivity contribution in [3.63, 3.8) is 0 Å². The van der Waals surface area contributed by atoms with Crippen LogP contribution < -0.4 is 21.5 Å². The Kier molecular flexibility index (Phi) is 7.84. The quantitative estimate of drug-likeness (QED) is 0.145. The van der Waals surface area contributed by atoms with Gasteiger partial charge in [0.1, 0.15) is 11.5 Å². The summed E-state index contributed by atoms with van der Waals surface area (Å²) >= 11 is 12.8. The minimum Gasteiger partial charge on any atom is -0.507 e. The summed E-state index contributed by atoms with van der Waals surface area (Å²) in [6.07, 6.45) is 1.91. The molecule has 6 aromatic rings. The number of anilines is 1. The Bertz CT molecular complexity index is 2690. The molecule has 2 fully saturated rings. The second-order valence-corrected chi connectivity index (χ2v) is 14.5. The molecule has 1 aliphatic carbocycles. The monoisotopic (exact) mass is 759 g/mol. The number of halogens is 2. The number of nitrogens with zero attached hydrogens (tertiary/aromatic N) is 4. The van der Waals surface area contributed by atoms with E-state index >= 15 is 9.59 Å². The number of phenolic OH excluding ortho intramolecular Hbond substituents is 1. The lowest BCUT2D eigenvalue weighted by Crippen LogP contribution is -2.53. The van der Waals surface area contributed by atoms with E-state index in [1.165, 1.54) is 15.4 Å². The summed E-state index contributed by atoms with van der Waals surface area (Å²) in [5, 5.41) is 13.8. The number of phenols is 1. The number of rotatable bonds is 6. The lowest BCUT2D eigenvalue weighted by molar-refractivity contribution is -0.138. The molecule has 4 atom stereocenters. The van der Waals surface area contributed by atoms with Crippen LogP contribution in [0.1, 0.15) is 29.5 Å². The van der Waals surface area contributed by atoms with Gasteiger partial charge in [-0.1, -0.05) is 89.9 Å². The fraction of sp³-hybridized carbons (Fsp3) is 0.171. The minimum absolute atomic E-state index is 0.0135. The van der Waals surface area contributed by atoms with Gasteiger partial charge in [-0.2, -0.15) is 5.01 Å². The Labute approximate surface area is 317 Å². The van der Waals surface area contributed by atoms with Crippen molar-refractivity contribution in [1.82, 2.24) is 18.9 Å². The topological polar surface area (TPSA) is 128 Å². The molecule has 0 bridgehead atoms. The summed E-state index contributed by atoms with van der Waals surface area (Å²) in [6.45, 7) is 0.0418. The van der Waals surface area contributed by atoms with Crippen molar-refractivity contribution < 1.29 is 19.4 Å². The summed E-state index contributed by atoms with van der Waals surface area (Å²) in [5.41, 5.74) is 2.96. The van der Waals surface area contributed by atoms with Crippen LogP contribution in [0.3, 0.4) is 0 Å². The number of hydrogen-bond donors (Lipinski definition) is 2. The number of hydrazine groups is 1. The number of methoxy groups -OCH3 is 1. The maximum Gasteiger partial charge on any atom is 0.352 e. The van der Waals surface area contributed by atoms with Crippen molar-refractivity contribution in [3.05, 3.63) is 163 Å². The van der Waals surface area contributed by atoms with Crippen LogP contribution in [0.2, 0.25) is 10.0 Å². The minimum atomic E-state index is -1.58. The van der Waals surface area contributed by atoms with E-state index < -0.39 is 46.5 Å². The molecule has 54 heavy (non-hydrogen) atoms. The predicted octanol–water partition coefficient (Wildman–Crippen LogP) is 6.59. The molecule has 11 nitrogen and oxygen atoms in total. The van der Waals surface area contributed by atoms with Crippen LogP contribution in [0.4, 0.5) is 5.69 Å². The molecule has 13 heteroatoms. The fourth-order valence-corrected chi connectivity index (χ4v) is 9.26. The zero-order valence-electron chi connectivity index (χ0n) is 28.6. The Balaban J connectivity index is 1.33. The summed E-state index contributed by atoms with van der Waals surface area (Å²) in [6, 6.07) is 30.3. The number of aromatic hydroxyl groups is 1. The first kappa shape index (κ1) is 33.8. The van der Waals surface area contributed by atoms with E-state index in [9.17, 15) is 14.7 Å². The molecule has 1 saturated heterocycles. The highest BCUT2D eigenvalue weighted by Crippen LogP contribution is 2.62. The Morgan fingerprint density at radius 2 is 1.56 bits per heavy atom. The molecule has 1 aromatic heterocycles. The van der Waals surface area contributed by atoms with Crippen molar-refractivity contribution in [2.75, 3.05) is 12.5 Å². The van der Waals surface area contributed by atoms with Gasteiger partial charge in [0.05, 0.1) is 47.4 Å². The van der Waals surface area contributed by atoms with E-state index in [0.717, 1.165) is 9.58 Å². The number of fused-ring (bicyclic) bond motifs is 5. The van der Waals surface area contributed by atoms with E-state index in [0.29, 0.717) is 49.6 Å². The molecule has 3 heterocycles. The number of carbonyl (C=O) groups excluding carboxylic acids is 2. The molecule has 1 saturated carbocycles. The van der Waals surface area contributed by atoms with Crippen LogP contribution in [-0.4, -0.2) is 43.0 Å². The molecular weight excluding hydrogens is 729 g/mol. The van der Waals surface area contributed by atoms with Gasteiger partial charge in [-0.15, -0.1) is 0 Å². The highest BCUT2D eigenvalue weighted by molar-refractivity contribution is 6.36. The smallest absolute Gasteiger partial charge is 0.352 e. The maximum atomic E-state index is 15.6. The lowest BCUT2D eigenvalue weighted by Gasteiger charge is -2.49. The van der Waals surface area contributed by atoms with Gasteiger partial charge in [0.15, 0.2) is 0 Å². The number of nitrogens with one attached hydrogen (secondary N) is 1. The molecule has 5 aromatic carbocycles. The zero-order valence-corrected chi connectivity index (χ0v) is 30.2. The van der Waals surface area contributed by atoms with Crippen molar-refractivity contribution in [2.45, 2.75) is 30.3 Å². The number of allylic oxidation sites excluding steroid dienone is 2. The van der Waals surface area contributed by atoms with E-state index in [1.54, 1.807) is 92.0 Å². The standard InChI is InChI=1S/C41H31Cl2N5O6/c1-54-26-14-11-23(12-15-26)41-31(37(50)47(38(41)51)44-33-17-13-24(42)21-32(33)43)22-34-30(36(41)29-16-18-35(49)28-10-6-5-9-27(28)29)19-20-45-39(52)46(40(53)48(34)45)25-7-3-2-4-8-25/h2-19,21,31,34,36,44,49H,20,22H2,1H3. The van der Waals surface area contributed by atoms with Crippen LogP contribution in [0.15, 0.2) is 130 Å². The second kappa shape index (κ2) is 12.5. The van der Waals surface area contributed by atoms with E-state index in [2.05, 4.69) is 5.43 Å². The Morgan fingerprint density at radius 1 is 0.833 bits per heavy atom. The molecule has 0 spiro atoms. The molecule has 2 aliphatic heterocycles. The highest BCUT2D eigenvalue weighted by atomic mass is 35.5. The van der Waals surface area contributed by atoms with Crippen LogP contribution in [0.25, 0.3) is 16.5 Å². The number of benzene rings is 5. The van der Waals surface area contributed by atoms with Crippen LogP contribution in [-0.2, 0) is 21.5 Å². The molecule has 2 amide bonds. The summed E-state index contributed by atoms with van der Waals surface area (Å²) < 4.78 is 9.45. The SMILES string of the molecule is COc1ccc(C23C(=O)N(Nc4ccc(Cl)cc4Cl)C(=O)C2CC2C(=CCn4c(=O)n(-c5ccccc5)c(=O)n42)C3c2ccc(O)c3ccccc23)cc1. The first-order valence-corrected chi connectivity index (χ1v) is 18.1. The number of carbonyl (C=O) groups is 2. The average Bonchev–Trinajstić information content (AvgIpc) is 3.57. The van der Waals surface area contributed by atoms with Gasteiger partial charge < -0.3 is 9.84 Å². The number of aromatic nitrogens is 3. The Morgan fingerprint density at radius 3 is 2.28 bits per heavy atom. The van der Waals surface area contributed by atoms with Gasteiger partial charge in [0.2, 0.25) is 0 Å². The molecule has 0 radical (unpaired) electrons. The van der Waals surface area contributed by atoms with E-state index in [-0.39, 0.29) is 23.7 Å². The summed E-state index contributed by atoms with van der Waals surface area (Å²) in [5.74, 6) is -2.38. The lowest BCUT2D eigenvalue weighted by atomic mass is 9.53. The van der Waals surface area contributed by atoms with Gasteiger partial charge in [0.25, 0.3) is 11.8 Å². The van der Waals surface area contributed by atoms with E-state index in [4.69, 9.17) is 27.9 Å². The Hall–Kier alpha value is -6.04. The zero-order chi connectivity index (χ0) is 37.5. The second-order valence-electron chi connectivity index (χ2n) is 13.6. The predicted molar refractivity (Wildman–Crippen MR) is 204 cm³/mol. The molecule has 4 unspecified atom stereocenters. The summed E-state index contributed by atoms with van der Waals surface area (Å²) in [4.78, 5) is 59.0. The molecular formula is C41H31Cl2N5O6. The summed E-state index contributed by atoms with van der Waals surface area (Å²) in [7, 11) is 1.55. The van der Waals surface area contributed by atoms with Crippen LogP contribution >= 0.6 is 23.2 Å². The van der Waals surface area contributed by atoms with Crippen LogP contribution in [0, 0.1) is 5.92 Å². The van der Waals surface area contributed by atoms with Gasteiger partial charge >= 0.3 is 11.4 Å². The maximum absolute atomic E-state index is 15.6. The normalized spacial score (nSPS) is 21.7. The van der Waals surface area contributed by atoms with Crippen molar-refractivity contribution >= 4 is 51.5 Å². The van der Waals surface area contributed by atoms with Gasteiger partial charge in [0, 0.05) is 16.3 Å². The van der Waals surface area contributed by atoms with Crippen molar-refractivity contribution in [3.8, 4) is 17.2 Å². The molecule has 9 rings (SSSR count). The van der Waals surface area contributed by atoms with Gasteiger partial charge in [-0.05, 0) is 77.0 Å². The number of para-hydroxylation sites is 1. The highest BCUT2D eigenvalue weighted by Gasteiger charge is 2.69. The van der Waals surface area contributed by atoms with E-state index in [1.807, 2.05) is 24.3 Å². The average molecular weight is 761 g/mol. The third kappa shape index (κ3) is 4.74. The van der Waals surface area contributed by atoms with Gasteiger partial charge in [-0.25, -0.2) is 23.5 Å². The third-order valence-electron chi connectivity index (χ3n) is 11.1. The van der Waals surface area contributed by atoms with Gasteiger partial charge in [-0.3, -0.25) is 15.0 Å². The third-order valence-corrected chi connectivity index (χ3v) is 11.7. The number of ether oxygens (including phenoxy) is 1. The van der Waals surface area contributed by atoms with Crippen LogP contribution in [0.5, 0.6) is 11.5 Å². The molecule has 3 aliphatic rings. The molecule has 270 valence electrons. The fourth-order valence-electron chi connectivity index (χ4n) is 8.81. The molecule has 2 N–H and O–H groups in total. The number of amides is 2. The first-order chi connectivity index (χ1) is 26.1. The number of hydrogen-bond acceptors (Lipinski definition) is 7. The van der Waals surface area contributed by atoms with Crippen molar-refractivity contribution in [2.24, 2.45) is 5.92 Å².